The molecule has 1 aromatic carbocycles. The van der Waals surface area contributed by atoms with E-state index in [1.165, 1.54) is 30.1 Å². The summed E-state index contributed by atoms with van der Waals surface area (Å²) in [5.41, 5.74) is 0.949. The van der Waals surface area contributed by atoms with Crippen molar-refractivity contribution >= 4 is 17.7 Å². The summed E-state index contributed by atoms with van der Waals surface area (Å²) < 4.78 is 10.4. The molecule has 1 heterocycles. The third kappa shape index (κ3) is 4.17. The standard InChI is InChI=1S/C17H21N3O6/c1-4-25-8-9-26-16(21)14-11(2)19(3)17(22)18-15(14)12-6-5-7-13(10-12)20(23)24/h5-7,10,15H,4,8-9H2,1-3H3,(H,18,22)/t15-/m0/s1. The molecule has 1 atom stereocenters. The number of nitro benzene ring substituents is 1. The first kappa shape index (κ1) is 19.4. The summed E-state index contributed by atoms with van der Waals surface area (Å²) in [5, 5.41) is 13.7. The number of carbonyl (C=O) groups excluding carboxylic acids is 2. The topological polar surface area (TPSA) is 111 Å². The number of hydrogen-bond donors (Lipinski definition) is 1. The highest BCUT2D eigenvalue weighted by atomic mass is 16.6. The highest BCUT2D eigenvalue weighted by Gasteiger charge is 2.35. The van der Waals surface area contributed by atoms with Gasteiger partial charge in [-0.3, -0.25) is 10.1 Å². The van der Waals surface area contributed by atoms with Crippen LogP contribution in [0.5, 0.6) is 0 Å². The van der Waals surface area contributed by atoms with Crippen LogP contribution in [-0.4, -0.2) is 48.7 Å². The van der Waals surface area contributed by atoms with Crippen LogP contribution in [0.15, 0.2) is 35.5 Å². The van der Waals surface area contributed by atoms with Crippen molar-refractivity contribution in [3.8, 4) is 0 Å². The van der Waals surface area contributed by atoms with Crippen LogP contribution in [0, 0.1) is 10.1 Å². The van der Waals surface area contributed by atoms with E-state index in [-0.39, 0.29) is 24.5 Å². The Bertz CT molecular complexity index is 746. The molecule has 0 unspecified atom stereocenters. The fourth-order valence-electron chi connectivity index (χ4n) is 2.58. The summed E-state index contributed by atoms with van der Waals surface area (Å²) in [5.74, 6) is -0.606. The zero-order chi connectivity index (χ0) is 19.3. The average Bonchev–Trinajstić information content (AvgIpc) is 2.63. The van der Waals surface area contributed by atoms with Gasteiger partial charge in [0, 0.05) is 31.5 Å². The predicted molar refractivity (Wildman–Crippen MR) is 92.3 cm³/mol. The van der Waals surface area contributed by atoms with E-state index in [4.69, 9.17) is 9.47 Å². The monoisotopic (exact) mass is 363 g/mol. The number of nitrogens with one attached hydrogen (secondary N) is 1. The lowest BCUT2D eigenvalue weighted by molar-refractivity contribution is -0.384. The van der Waals surface area contributed by atoms with Crippen LogP contribution in [0.25, 0.3) is 0 Å². The third-order valence-corrected chi connectivity index (χ3v) is 4.05. The molecule has 1 aliphatic rings. The van der Waals surface area contributed by atoms with E-state index in [1.807, 2.05) is 6.92 Å². The normalized spacial score (nSPS) is 17.1. The van der Waals surface area contributed by atoms with Gasteiger partial charge >= 0.3 is 12.0 Å². The molecule has 9 heteroatoms. The molecular weight excluding hydrogens is 342 g/mol. The maximum atomic E-state index is 12.6. The summed E-state index contributed by atoms with van der Waals surface area (Å²) in [6.45, 7) is 4.30. The van der Waals surface area contributed by atoms with Crippen LogP contribution < -0.4 is 5.32 Å². The number of carbonyl (C=O) groups is 2. The maximum Gasteiger partial charge on any atom is 0.338 e. The van der Waals surface area contributed by atoms with Crippen molar-refractivity contribution < 1.29 is 24.0 Å². The molecule has 26 heavy (non-hydrogen) atoms. The van der Waals surface area contributed by atoms with Crippen LogP contribution in [0.4, 0.5) is 10.5 Å². The van der Waals surface area contributed by atoms with E-state index < -0.39 is 23.0 Å². The second kappa shape index (κ2) is 8.43. The smallest absolute Gasteiger partial charge is 0.338 e. The van der Waals surface area contributed by atoms with Gasteiger partial charge in [0.2, 0.25) is 0 Å². The molecule has 0 aromatic heterocycles. The number of nitro groups is 1. The van der Waals surface area contributed by atoms with Crippen molar-refractivity contribution in [2.24, 2.45) is 0 Å². The number of non-ortho nitro benzene ring substituents is 1. The summed E-state index contributed by atoms with van der Waals surface area (Å²) in [6.07, 6.45) is 0. The van der Waals surface area contributed by atoms with Crippen molar-refractivity contribution in [3.63, 3.8) is 0 Å². The number of urea groups is 1. The number of rotatable bonds is 7. The van der Waals surface area contributed by atoms with Gasteiger partial charge in [-0.15, -0.1) is 0 Å². The van der Waals surface area contributed by atoms with Gasteiger partial charge in [-0.1, -0.05) is 12.1 Å². The first-order chi connectivity index (χ1) is 12.4. The Labute approximate surface area is 150 Å². The molecule has 2 amide bonds. The molecule has 1 aromatic rings. The van der Waals surface area contributed by atoms with Crippen LogP contribution >= 0.6 is 0 Å². The fourth-order valence-corrected chi connectivity index (χ4v) is 2.58. The Morgan fingerprint density at radius 2 is 2.12 bits per heavy atom. The molecule has 9 nitrogen and oxygen atoms in total. The maximum absolute atomic E-state index is 12.6. The molecule has 0 saturated heterocycles. The van der Waals surface area contributed by atoms with Gasteiger partial charge in [0.1, 0.15) is 6.61 Å². The Hall–Kier alpha value is -2.94. The molecule has 0 spiro atoms. The second-order valence-electron chi connectivity index (χ2n) is 5.63. The first-order valence-electron chi connectivity index (χ1n) is 8.11. The Morgan fingerprint density at radius 1 is 1.38 bits per heavy atom. The van der Waals surface area contributed by atoms with Gasteiger partial charge < -0.3 is 19.7 Å². The first-order valence-corrected chi connectivity index (χ1v) is 8.11. The molecule has 0 saturated carbocycles. The SMILES string of the molecule is CCOCCOC(=O)C1=C(C)N(C)C(=O)N[C@H]1c1cccc([N+](=O)[O-])c1. The van der Waals surface area contributed by atoms with Crippen molar-refractivity contribution in [2.45, 2.75) is 19.9 Å². The molecule has 0 aliphatic carbocycles. The molecule has 0 bridgehead atoms. The van der Waals surface area contributed by atoms with Gasteiger partial charge in [-0.2, -0.15) is 0 Å². The van der Waals surface area contributed by atoms with Gasteiger partial charge in [-0.25, -0.2) is 9.59 Å². The van der Waals surface area contributed by atoms with E-state index in [9.17, 15) is 19.7 Å². The number of allylic oxidation sites excluding steroid dienone is 1. The molecule has 0 radical (unpaired) electrons. The zero-order valence-corrected chi connectivity index (χ0v) is 14.9. The number of esters is 1. The predicted octanol–water partition coefficient (Wildman–Crippen LogP) is 2.14. The highest BCUT2D eigenvalue weighted by Crippen LogP contribution is 2.32. The van der Waals surface area contributed by atoms with E-state index >= 15 is 0 Å². The summed E-state index contributed by atoms with van der Waals surface area (Å²) in [4.78, 5) is 36.5. The Balaban J connectivity index is 2.35. The Morgan fingerprint density at radius 3 is 2.77 bits per heavy atom. The Kier molecular flexibility index (Phi) is 6.29. The minimum Gasteiger partial charge on any atom is -0.460 e. The van der Waals surface area contributed by atoms with E-state index in [2.05, 4.69) is 5.32 Å². The summed E-state index contributed by atoms with van der Waals surface area (Å²) >= 11 is 0. The number of ether oxygens (including phenoxy) is 2. The quantitative estimate of drug-likeness (QED) is 0.344. The van der Waals surface area contributed by atoms with Crippen molar-refractivity contribution in [2.75, 3.05) is 26.9 Å². The molecular formula is C17H21N3O6. The number of hydrogen-bond acceptors (Lipinski definition) is 6. The molecule has 1 N–H and O–H groups in total. The van der Waals surface area contributed by atoms with E-state index in [0.29, 0.717) is 17.9 Å². The molecule has 0 fully saturated rings. The summed E-state index contributed by atoms with van der Waals surface area (Å²) in [7, 11) is 1.53. The largest absolute Gasteiger partial charge is 0.460 e. The number of benzene rings is 1. The van der Waals surface area contributed by atoms with E-state index in [1.54, 1.807) is 13.0 Å². The van der Waals surface area contributed by atoms with Crippen LogP contribution in [0.1, 0.15) is 25.5 Å². The lowest BCUT2D eigenvalue weighted by Crippen LogP contribution is -2.46. The van der Waals surface area contributed by atoms with Crippen LogP contribution in [-0.2, 0) is 14.3 Å². The molecule has 140 valence electrons. The zero-order valence-electron chi connectivity index (χ0n) is 14.9. The fraction of sp³-hybridized carbons (Fsp3) is 0.412. The van der Waals surface area contributed by atoms with Crippen molar-refractivity contribution in [1.82, 2.24) is 10.2 Å². The van der Waals surface area contributed by atoms with Crippen LogP contribution in [0.2, 0.25) is 0 Å². The molecule has 1 aliphatic heterocycles. The van der Waals surface area contributed by atoms with Crippen LogP contribution in [0.3, 0.4) is 0 Å². The van der Waals surface area contributed by atoms with Crippen molar-refractivity contribution in [3.05, 3.63) is 51.2 Å². The minimum atomic E-state index is -0.835. The lowest BCUT2D eigenvalue weighted by atomic mass is 9.95. The minimum absolute atomic E-state index is 0.0722. The van der Waals surface area contributed by atoms with Gasteiger partial charge in [0.25, 0.3) is 5.69 Å². The van der Waals surface area contributed by atoms with Gasteiger partial charge in [0.15, 0.2) is 0 Å². The van der Waals surface area contributed by atoms with Gasteiger partial charge in [-0.05, 0) is 19.4 Å². The summed E-state index contributed by atoms with van der Waals surface area (Å²) in [6, 6.07) is 4.55. The lowest BCUT2D eigenvalue weighted by Gasteiger charge is -2.33. The van der Waals surface area contributed by atoms with Crippen molar-refractivity contribution in [1.29, 1.82) is 0 Å². The average molecular weight is 363 g/mol. The third-order valence-electron chi connectivity index (χ3n) is 4.05. The van der Waals surface area contributed by atoms with E-state index in [0.717, 1.165) is 0 Å². The second-order valence-corrected chi connectivity index (χ2v) is 5.63. The van der Waals surface area contributed by atoms with Gasteiger partial charge in [0.05, 0.1) is 23.1 Å². The molecule has 2 rings (SSSR count). The highest BCUT2D eigenvalue weighted by molar-refractivity contribution is 5.95. The number of amides is 2. The number of nitrogens with zero attached hydrogens (tertiary/aromatic N) is 2.